The van der Waals surface area contributed by atoms with Crippen molar-refractivity contribution in [2.24, 2.45) is 10.9 Å². The van der Waals surface area contributed by atoms with E-state index in [9.17, 15) is 0 Å². The second-order valence-corrected chi connectivity index (χ2v) is 6.99. The molecule has 130 valence electrons. The SMILES string of the molecule is CN=C(NCc1cn2ccsc2n1)NC(C)CCCC(C)C.I. The number of guanidine groups is 1. The molecule has 1 atom stereocenters. The molecule has 0 radical (unpaired) electrons. The molecule has 0 saturated heterocycles. The summed E-state index contributed by atoms with van der Waals surface area (Å²) in [6.45, 7) is 7.44. The Morgan fingerprint density at radius 1 is 1.35 bits per heavy atom. The van der Waals surface area contributed by atoms with Gasteiger partial charge in [0, 0.05) is 30.9 Å². The summed E-state index contributed by atoms with van der Waals surface area (Å²) in [5.74, 6) is 1.62. The van der Waals surface area contributed by atoms with Crippen molar-refractivity contribution in [1.29, 1.82) is 0 Å². The van der Waals surface area contributed by atoms with Crippen LogP contribution in [0, 0.1) is 5.92 Å². The van der Waals surface area contributed by atoms with E-state index in [1.807, 2.05) is 23.0 Å². The highest BCUT2D eigenvalue weighted by atomic mass is 127. The maximum Gasteiger partial charge on any atom is 0.193 e. The summed E-state index contributed by atoms with van der Waals surface area (Å²) in [7, 11) is 1.81. The van der Waals surface area contributed by atoms with Gasteiger partial charge >= 0.3 is 0 Å². The predicted octanol–water partition coefficient (Wildman–Crippen LogP) is 3.89. The molecule has 1 unspecified atom stereocenters. The average molecular weight is 449 g/mol. The zero-order chi connectivity index (χ0) is 15.9. The zero-order valence-electron chi connectivity index (χ0n) is 14.4. The second-order valence-electron chi connectivity index (χ2n) is 6.12. The van der Waals surface area contributed by atoms with Crippen LogP contribution in [0.2, 0.25) is 0 Å². The topological polar surface area (TPSA) is 53.7 Å². The van der Waals surface area contributed by atoms with Gasteiger partial charge in [-0.1, -0.05) is 26.7 Å². The summed E-state index contributed by atoms with van der Waals surface area (Å²) in [4.78, 5) is 9.88. The molecule has 2 rings (SSSR count). The minimum atomic E-state index is 0. The number of aliphatic imine (C=N–C) groups is 1. The predicted molar refractivity (Wildman–Crippen MR) is 110 cm³/mol. The van der Waals surface area contributed by atoms with Crippen molar-refractivity contribution in [3.8, 4) is 0 Å². The van der Waals surface area contributed by atoms with Crippen LogP contribution in [0.5, 0.6) is 0 Å². The molecule has 0 saturated carbocycles. The highest BCUT2D eigenvalue weighted by molar-refractivity contribution is 14.0. The fourth-order valence-electron chi connectivity index (χ4n) is 2.37. The zero-order valence-corrected chi connectivity index (χ0v) is 17.5. The van der Waals surface area contributed by atoms with Crippen molar-refractivity contribution in [3.05, 3.63) is 23.5 Å². The molecular formula is C16H28IN5S. The molecule has 0 bridgehead atoms. The number of nitrogens with one attached hydrogen (secondary N) is 2. The summed E-state index contributed by atoms with van der Waals surface area (Å²) in [6, 6.07) is 0.426. The first-order valence-electron chi connectivity index (χ1n) is 7.96. The Balaban J connectivity index is 0.00000264. The lowest BCUT2D eigenvalue weighted by atomic mass is 10.0. The first-order chi connectivity index (χ1) is 10.6. The summed E-state index contributed by atoms with van der Waals surface area (Å²) in [5.41, 5.74) is 1.03. The fraction of sp³-hybridized carbons (Fsp3) is 0.625. The Kier molecular flexibility index (Phi) is 8.90. The Hall–Kier alpha value is -0.830. The Morgan fingerprint density at radius 2 is 2.13 bits per heavy atom. The highest BCUT2D eigenvalue weighted by Gasteiger charge is 2.07. The van der Waals surface area contributed by atoms with Crippen molar-refractivity contribution in [2.45, 2.75) is 52.6 Å². The van der Waals surface area contributed by atoms with Gasteiger partial charge in [-0.3, -0.25) is 9.39 Å². The number of thiazole rings is 1. The largest absolute Gasteiger partial charge is 0.354 e. The van der Waals surface area contributed by atoms with Crippen LogP contribution in [0.1, 0.15) is 45.7 Å². The van der Waals surface area contributed by atoms with E-state index in [1.165, 1.54) is 19.3 Å². The van der Waals surface area contributed by atoms with Gasteiger partial charge in [0.2, 0.25) is 0 Å². The van der Waals surface area contributed by atoms with Crippen molar-refractivity contribution in [1.82, 2.24) is 20.0 Å². The van der Waals surface area contributed by atoms with E-state index in [0.29, 0.717) is 12.6 Å². The van der Waals surface area contributed by atoms with E-state index in [-0.39, 0.29) is 24.0 Å². The lowest BCUT2D eigenvalue weighted by Crippen LogP contribution is -2.41. The summed E-state index contributed by atoms with van der Waals surface area (Å²) in [5, 5.41) is 8.82. The van der Waals surface area contributed by atoms with Crippen molar-refractivity contribution >= 4 is 46.2 Å². The Labute approximate surface area is 160 Å². The third-order valence-corrected chi connectivity index (χ3v) is 4.38. The molecule has 0 aliphatic carbocycles. The molecule has 0 aromatic carbocycles. The standard InChI is InChI=1S/C16H27N5S.HI/c1-12(2)6-5-7-13(3)19-15(17-4)18-10-14-11-21-8-9-22-16(21)20-14;/h8-9,11-13H,5-7,10H2,1-4H3,(H2,17,18,19);1H. The van der Waals surface area contributed by atoms with Gasteiger partial charge in [-0.2, -0.15) is 0 Å². The van der Waals surface area contributed by atoms with Gasteiger partial charge in [0.15, 0.2) is 10.9 Å². The molecular weight excluding hydrogens is 421 g/mol. The van der Waals surface area contributed by atoms with Crippen LogP contribution in [0.15, 0.2) is 22.8 Å². The average Bonchev–Trinajstić information content (AvgIpc) is 3.03. The third kappa shape index (κ3) is 6.66. The van der Waals surface area contributed by atoms with Crippen molar-refractivity contribution in [3.63, 3.8) is 0 Å². The molecule has 7 heteroatoms. The van der Waals surface area contributed by atoms with Crippen molar-refractivity contribution < 1.29 is 0 Å². The molecule has 0 aliphatic rings. The van der Waals surface area contributed by atoms with Crippen LogP contribution >= 0.6 is 35.3 Å². The number of rotatable bonds is 7. The summed E-state index contributed by atoms with van der Waals surface area (Å²) in [6.07, 6.45) is 7.78. The van der Waals surface area contributed by atoms with Gasteiger partial charge in [-0.15, -0.1) is 35.3 Å². The van der Waals surface area contributed by atoms with Gasteiger partial charge in [0.05, 0.1) is 12.2 Å². The molecule has 2 aromatic heterocycles. The van der Waals surface area contributed by atoms with Crippen LogP contribution in [0.4, 0.5) is 0 Å². The molecule has 23 heavy (non-hydrogen) atoms. The normalized spacial score (nSPS) is 13.2. The maximum absolute atomic E-state index is 4.56. The van der Waals surface area contributed by atoms with E-state index in [0.717, 1.165) is 22.5 Å². The number of fused-ring (bicyclic) bond motifs is 1. The van der Waals surface area contributed by atoms with E-state index in [1.54, 1.807) is 11.3 Å². The maximum atomic E-state index is 4.56. The minimum absolute atomic E-state index is 0. The lowest BCUT2D eigenvalue weighted by molar-refractivity contribution is 0.491. The minimum Gasteiger partial charge on any atom is -0.354 e. The molecule has 2 N–H and O–H groups in total. The van der Waals surface area contributed by atoms with E-state index >= 15 is 0 Å². The molecule has 2 aromatic rings. The van der Waals surface area contributed by atoms with E-state index < -0.39 is 0 Å². The van der Waals surface area contributed by atoms with Crippen LogP contribution in [0.25, 0.3) is 4.96 Å². The summed E-state index contributed by atoms with van der Waals surface area (Å²) >= 11 is 1.65. The molecule has 0 fully saturated rings. The fourth-order valence-corrected chi connectivity index (χ4v) is 3.09. The van der Waals surface area contributed by atoms with Crippen LogP contribution in [-0.2, 0) is 6.54 Å². The van der Waals surface area contributed by atoms with Crippen LogP contribution in [-0.4, -0.2) is 28.4 Å². The number of hydrogen-bond donors (Lipinski definition) is 2. The number of aromatic nitrogens is 2. The van der Waals surface area contributed by atoms with E-state index in [2.05, 4.69) is 47.6 Å². The molecule has 2 heterocycles. The smallest absolute Gasteiger partial charge is 0.193 e. The van der Waals surface area contributed by atoms with Crippen LogP contribution in [0.3, 0.4) is 0 Å². The first-order valence-corrected chi connectivity index (χ1v) is 8.84. The molecule has 5 nitrogen and oxygen atoms in total. The first kappa shape index (κ1) is 20.2. The lowest BCUT2D eigenvalue weighted by Gasteiger charge is -2.18. The third-order valence-electron chi connectivity index (χ3n) is 3.61. The van der Waals surface area contributed by atoms with Gasteiger partial charge in [-0.05, 0) is 19.3 Å². The molecule has 0 aliphatic heterocycles. The molecule has 0 spiro atoms. The van der Waals surface area contributed by atoms with Gasteiger partial charge < -0.3 is 10.6 Å². The number of hydrogen-bond acceptors (Lipinski definition) is 3. The summed E-state index contributed by atoms with van der Waals surface area (Å²) < 4.78 is 2.05. The monoisotopic (exact) mass is 449 g/mol. The van der Waals surface area contributed by atoms with Gasteiger partial charge in [0.1, 0.15) is 0 Å². The Morgan fingerprint density at radius 3 is 2.78 bits per heavy atom. The van der Waals surface area contributed by atoms with E-state index in [4.69, 9.17) is 0 Å². The number of halogens is 1. The van der Waals surface area contributed by atoms with Gasteiger partial charge in [0.25, 0.3) is 0 Å². The second kappa shape index (κ2) is 10.1. The number of nitrogens with zero attached hydrogens (tertiary/aromatic N) is 3. The number of imidazole rings is 1. The van der Waals surface area contributed by atoms with Crippen LogP contribution < -0.4 is 10.6 Å². The quantitative estimate of drug-likeness (QED) is 0.383. The van der Waals surface area contributed by atoms with Gasteiger partial charge in [-0.25, -0.2) is 4.98 Å². The highest BCUT2D eigenvalue weighted by Crippen LogP contribution is 2.11. The molecule has 0 amide bonds. The van der Waals surface area contributed by atoms with Crippen molar-refractivity contribution in [2.75, 3.05) is 7.05 Å². The Bertz CT molecular complexity index is 576.